The van der Waals surface area contributed by atoms with Gasteiger partial charge in [0.2, 0.25) is 15.9 Å². The maximum Gasteiger partial charge on any atom is 0.243 e. The van der Waals surface area contributed by atoms with Crippen LogP contribution in [-0.4, -0.2) is 38.8 Å². The molecule has 0 radical (unpaired) electrons. The highest BCUT2D eigenvalue weighted by molar-refractivity contribution is 7.89. The number of anilines is 1. The summed E-state index contributed by atoms with van der Waals surface area (Å²) in [5, 5.41) is 6.00. The van der Waals surface area contributed by atoms with Crippen molar-refractivity contribution < 1.29 is 13.2 Å². The lowest BCUT2D eigenvalue weighted by atomic mass is 10.1. The van der Waals surface area contributed by atoms with Crippen molar-refractivity contribution in [3.8, 4) is 0 Å². The predicted molar refractivity (Wildman–Crippen MR) is 106 cm³/mol. The molecule has 142 valence electrons. The number of carbonyl (C=O) groups excluding carboxylic acids is 1. The van der Waals surface area contributed by atoms with E-state index in [2.05, 4.69) is 10.6 Å². The normalized spacial score (nSPS) is 11.0. The van der Waals surface area contributed by atoms with E-state index in [1.807, 2.05) is 25.1 Å². The van der Waals surface area contributed by atoms with Gasteiger partial charge in [0.1, 0.15) is 0 Å². The van der Waals surface area contributed by atoms with Gasteiger partial charge in [0.25, 0.3) is 0 Å². The summed E-state index contributed by atoms with van der Waals surface area (Å²) in [6.45, 7) is 3.20. The number of nitrogens with zero attached hydrogens (tertiary/aromatic N) is 1. The van der Waals surface area contributed by atoms with Gasteiger partial charge in [-0.25, -0.2) is 8.42 Å². The number of hydrogen-bond acceptors (Lipinski definition) is 4. The average Bonchev–Trinajstić information content (AvgIpc) is 2.61. The van der Waals surface area contributed by atoms with E-state index in [9.17, 15) is 13.2 Å². The molecule has 0 aliphatic heterocycles. The number of amides is 1. The third kappa shape index (κ3) is 5.81. The van der Waals surface area contributed by atoms with Crippen LogP contribution in [0.4, 0.5) is 5.69 Å². The first-order valence-electron chi connectivity index (χ1n) is 8.05. The van der Waals surface area contributed by atoms with E-state index in [4.69, 9.17) is 0 Å². The number of benzene rings is 2. The quantitative estimate of drug-likeness (QED) is 0.717. The monoisotopic (exact) mass is 397 g/mol. The fraction of sp³-hybridized carbons (Fsp3) is 0.278. The molecule has 0 unspecified atom stereocenters. The van der Waals surface area contributed by atoms with Gasteiger partial charge >= 0.3 is 0 Å². The molecule has 0 aromatic heterocycles. The fourth-order valence-electron chi connectivity index (χ4n) is 2.31. The lowest BCUT2D eigenvalue weighted by Gasteiger charge is -2.18. The molecule has 0 aliphatic rings. The first kappa shape index (κ1) is 22.1. The lowest BCUT2D eigenvalue weighted by Crippen LogP contribution is -2.35. The second kappa shape index (κ2) is 10.3. The maximum absolute atomic E-state index is 12.5. The number of nitrogens with one attached hydrogen (secondary N) is 2. The van der Waals surface area contributed by atoms with Gasteiger partial charge in [-0.3, -0.25) is 4.79 Å². The smallest absolute Gasteiger partial charge is 0.243 e. The molecule has 8 heteroatoms. The Hall–Kier alpha value is -1.93. The molecule has 0 spiro atoms. The number of para-hydroxylation sites is 1. The molecule has 0 heterocycles. The highest BCUT2D eigenvalue weighted by Crippen LogP contribution is 2.16. The van der Waals surface area contributed by atoms with Crippen molar-refractivity contribution >= 4 is 34.0 Å². The summed E-state index contributed by atoms with van der Waals surface area (Å²) in [6.07, 6.45) is 0. The van der Waals surface area contributed by atoms with E-state index in [-0.39, 0.29) is 29.8 Å². The third-order valence-corrected chi connectivity index (χ3v) is 5.49. The van der Waals surface area contributed by atoms with Crippen molar-refractivity contribution in [3.63, 3.8) is 0 Å². The van der Waals surface area contributed by atoms with Gasteiger partial charge in [-0.15, -0.1) is 12.4 Å². The Labute approximate surface area is 161 Å². The van der Waals surface area contributed by atoms with Crippen LogP contribution >= 0.6 is 12.4 Å². The highest BCUT2D eigenvalue weighted by atomic mass is 35.5. The Kier molecular flexibility index (Phi) is 8.74. The second-order valence-corrected chi connectivity index (χ2v) is 7.60. The Morgan fingerprint density at radius 3 is 2.31 bits per heavy atom. The van der Waals surface area contributed by atoms with Crippen molar-refractivity contribution in [2.75, 3.05) is 25.5 Å². The third-order valence-electron chi connectivity index (χ3n) is 3.67. The SMILES string of the molecule is CCNCc1ccccc1NC(=O)CN(C)S(=O)(=O)c1ccccc1.Cl. The Morgan fingerprint density at radius 1 is 1.04 bits per heavy atom. The van der Waals surface area contributed by atoms with E-state index < -0.39 is 10.0 Å². The second-order valence-electron chi connectivity index (χ2n) is 5.56. The summed E-state index contributed by atoms with van der Waals surface area (Å²) in [5.41, 5.74) is 1.63. The van der Waals surface area contributed by atoms with Gasteiger partial charge in [0.15, 0.2) is 0 Å². The van der Waals surface area contributed by atoms with Crippen molar-refractivity contribution in [1.82, 2.24) is 9.62 Å². The van der Waals surface area contributed by atoms with E-state index in [1.54, 1.807) is 24.3 Å². The molecule has 1 amide bonds. The highest BCUT2D eigenvalue weighted by Gasteiger charge is 2.22. The van der Waals surface area contributed by atoms with E-state index in [1.165, 1.54) is 19.2 Å². The first-order valence-corrected chi connectivity index (χ1v) is 9.49. The van der Waals surface area contributed by atoms with Crippen molar-refractivity contribution in [2.24, 2.45) is 0 Å². The molecule has 6 nitrogen and oxygen atoms in total. The molecule has 0 atom stereocenters. The van der Waals surface area contributed by atoms with Crippen molar-refractivity contribution in [2.45, 2.75) is 18.4 Å². The summed E-state index contributed by atoms with van der Waals surface area (Å²) in [4.78, 5) is 12.5. The van der Waals surface area contributed by atoms with Gasteiger partial charge in [-0.05, 0) is 30.3 Å². The first-order chi connectivity index (χ1) is 11.9. The topological polar surface area (TPSA) is 78.5 Å². The minimum absolute atomic E-state index is 0. The van der Waals surface area contributed by atoms with Gasteiger partial charge < -0.3 is 10.6 Å². The molecular weight excluding hydrogens is 374 g/mol. The number of likely N-dealkylation sites (N-methyl/N-ethyl adjacent to an activating group) is 1. The Balaban J connectivity index is 0.00000338. The van der Waals surface area contributed by atoms with Gasteiger partial charge in [0, 0.05) is 19.3 Å². The molecular formula is C18H24ClN3O3S. The predicted octanol–water partition coefficient (Wildman–Crippen LogP) is 2.48. The maximum atomic E-state index is 12.5. The zero-order chi connectivity index (χ0) is 18.3. The molecule has 0 saturated carbocycles. The molecule has 0 aliphatic carbocycles. The van der Waals surface area contributed by atoms with Crippen LogP contribution in [0, 0.1) is 0 Å². The van der Waals surface area contributed by atoms with Crippen molar-refractivity contribution in [3.05, 3.63) is 60.2 Å². The molecule has 2 aromatic carbocycles. The lowest BCUT2D eigenvalue weighted by molar-refractivity contribution is -0.116. The van der Waals surface area contributed by atoms with Crippen LogP contribution in [-0.2, 0) is 21.4 Å². The largest absolute Gasteiger partial charge is 0.325 e. The molecule has 2 N–H and O–H groups in total. The summed E-state index contributed by atoms with van der Waals surface area (Å²) < 4.78 is 26.0. The number of hydrogen-bond donors (Lipinski definition) is 2. The minimum atomic E-state index is -3.69. The Bertz CT molecular complexity index is 813. The van der Waals surface area contributed by atoms with Crippen LogP contribution < -0.4 is 10.6 Å². The van der Waals surface area contributed by atoms with Gasteiger partial charge in [0.05, 0.1) is 11.4 Å². The van der Waals surface area contributed by atoms with Crippen LogP contribution in [0.15, 0.2) is 59.5 Å². The molecule has 26 heavy (non-hydrogen) atoms. The van der Waals surface area contributed by atoms with Crippen LogP contribution in [0.1, 0.15) is 12.5 Å². The summed E-state index contributed by atoms with van der Waals surface area (Å²) in [6, 6.07) is 15.5. The number of carbonyl (C=O) groups is 1. The Morgan fingerprint density at radius 2 is 1.65 bits per heavy atom. The fourth-order valence-corrected chi connectivity index (χ4v) is 3.45. The van der Waals surface area contributed by atoms with Crippen LogP contribution in [0.5, 0.6) is 0 Å². The zero-order valence-corrected chi connectivity index (χ0v) is 16.4. The average molecular weight is 398 g/mol. The minimum Gasteiger partial charge on any atom is -0.325 e. The summed E-state index contributed by atoms with van der Waals surface area (Å²) >= 11 is 0. The van der Waals surface area contributed by atoms with Crippen LogP contribution in [0.25, 0.3) is 0 Å². The molecule has 0 bridgehead atoms. The summed E-state index contributed by atoms with van der Waals surface area (Å²) in [7, 11) is -2.30. The van der Waals surface area contributed by atoms with E-state index in [0.717, 1.165) is 16.4 Å². The molecule has 2 rings (SSSR count). The van der Waals surface area contributed by atoms with Crippen molar-refractivity contribution in [1.29, 1.82) is 0 Å². The van der Waals surface area contributed by atoms with Crippen LogP contribution in [0.3, 0.4) is 0 Å². The molecule has 0 saturated heterocycles. The molecule has 2 aromatic rings. The van der Waals surface area contributed by atoms with E-state index >= 15 is 0 Å². The van der Waals surface area contributed by atoms with Gasteiger partial charge in [-0.2, -0.15) is 4.31 Å². The van der Waals surface area contributed by atoms with Gasteiger partial charge in [-0.1, -0.05) is 43.3 Å². The number of sulfonamides is 1. The zero-order valence-electron chi connectivity index (χ0n) is 14.8. The molecule has 0 fully saturated rings. The summed E-state index contributed by atoms with van der Waals surface area (Å²) in [5.74, 6) is -0.383. The number of halogens is 1. The van der Waals surface area contributed by atoms with E-state index in [0.29, 0.717) is 12.2 Å². The van der Waals surface area contributed by atoms with Crippen LogP contribution in [0.2, 0.25) is 0 Å². The standard InChI is InChI=1S/C18H23N3O3S.ClH/c1-3-19-13-15-9-7-8-12-17(15)20-18(22)14-21(2)25(23,24)16-10-5-4-6-11-16;/h4-12,19H,3,13-14H2,1-2H3,(H,20,22);1H. The number of rotatable bonds is 8.